The second-order valence-electron chi connectivity index (χ2n) is 4.19. The third-order valence-electron chi connectivity index (χ3n) is 2.90. The fourth-order valence-electron chi connectivity index (χ4n) is 2.07. The molecule has 0 spiro atoms. The van der Waals surface area contributed by atoms with Crippen molar-refractivity contribution in [3.8, 4) is 6.07 Å². The van der Waals surface area contributed by atoms with Gasteiger partial charge in [-0.15, -0.1) is 0 Å². The molecule has 2 atom stereocenters. The van der Waals surface area contributed by atoms with E-state index in [4.69, 9.17) is 10.00 Å². The summed E-state index contributed by atoms with van der Waals surface area (Å²) in [7, 11) is 0. The number of hydrogen-bond donors (Lipinski definition) is 1. The lowest BCUT2D eigenvalue weighted by atomic mass is 10.1. The highest BCUT2D eigenvalue weighted by atomic mass is 16.5. The van der Waals surface area contributed by atoms with E-state index in [9.17, 15) is 0 Å². The molecule has 0 aliphatic heterocycles. The Balaban J connectivity index is 1.98. The molecule has 0 aromatic rings. The Morgan fingerprint density at radius 3 is 3.00 bits per heavy atom. The lowest BCUT2D eigenvalue weighted by Crippen LogP contribution is -2.32. The van der Waals surface area contributed by atoms with Crippen LogP contribution in [-0.2, 0) is 4.74 Å². The predicted octanol–water partition coefficient (Wildman–Crippen LogP) is 2.08. The molecule has 3 nitrogen and oxygen atoms in total. The molecule has 0 radical (unpaired) electrons. The maximum Gasteiger partial charge on any atom is 0.0672 e. The molecular weight excluding hydrogens is 188 g/mol. The van der Waals surface area contributed by atoms with Crippen molar-refractivity contribution in [2.24, 2.45) is 5.92 Å². The summed E-state index contributed by atoms with van der Waals surface area (Å²) in [6, 6.07) is 2.81. The summed E-state index contributed by atoms with van der Waals surface area (Å²) < 4.78 is 5.40. The van der Waals surface area contributed by atoms with Crippen LogP contribution in [0.2, 0.25) is 0 Å². The standard InChI is InChI=1S/C12H22N2O/c1-2-8-15-9-4-7-14-12-6-3-5-11(12)10-13/h11-12,14H,2-9H2,1H3. The third-order valence-corrected chi connectivity index (χ3v) is 2.90. The second-order valence-corrected chi connectivity index (χ2v) is 4.19. The van der Waals surface area contributed by atoms with Gasteiger partial charge in [0, 0.05) is 19.3 Å². The van der Waals surface area contributed by atoms with Crippen LogP contribution in [0.15, 0.2) is 0 Å². The Kier molecular flexibility index (Phi) is 6.38. The Morgan fingerprint density at radius 1 is 1.40 bits per heavy atom. The summed E-state index contributed by atoms with van der Waals surface area (Å²) in [5, 5.41) is 12.4. The van der Waals surface area contributed by atoms with Gasteiger partial charge < -0.3 is 10.1 Å². The quantitative estimate of drug-likeness (QED) is 0.654. The van der Waals surface area contributed by atoms with Crippen molar-refractivity contribution in [1.82, 2.24) is 5.32 Å². The van der Waals surface area contributed by atoms with E-state index in [-0.39, 0.29) is 5.92 Å². The average Bonchev–Trinajstić information content (AvgIpc) is 2.70. The molecule has 1 aliphatic carbocycles. The van der Waals surface area contributed by atoms with Crippen LogP contribution in [0.5, 0.6) is 0 Å². The van der Waals surface area contributed by atoms with Crippen molar-refractivity contribution in [2.45, 2.75) is 45.1 Å². The molecule has 0 aromatic carbocycles. The number of nitrogens with one attached hydrogen (secondary N) is 1. The summed E-state index contributed by atoms with van der Waals surface area (Å²) in [6.07, 6.45) is 5.57. The molecule has 2 unspecified atom stereocenters. The molecule has 0 aromatic heterocycles. The minimum atomic E-state index is 0.238. The zero-order valence-electron chi connectivity index (χ0n) is 9.67. The first-order valence-corrected chi connectivity index (χ1v) is 6.09. The van der Waals surface area contributed by atoms with E-state index >= 15 is 0 Å². The molecule has 1 saturated carbocycles. The minimum Gasteiger partial charge on any atom is -0.381 e. The SMILES string of the molecule is CCCOCCCNC1CCCC1C#N. The number of nitrogens with zero attached hydrogens (tertiary/aromatic N) is 1. The molecule has 0 bridgehead atoms. The number of rotatable bonds is 7. The molecule has 1 N–H and O–H groups in total. The Labute approximate surface area is 92.8 Å². The van der Waals surface area contributed by atoms with Gasteiger partial charge in [0.15, 0.2) is 0 Å². The van der Waals surface area contributed by atoms with Gasteiger partial charge in [0.25, 0.3) is 0 Å². The molecule has 3 heteroatoms. The molecule has 1 aliphatic rings. The zero-order valence-corrected chi connectivity index (χ0v) is 9.67. The lowest BCUT2D eigenvalue weighted by Gasteiger charge is -2.15. The molecule has 86 valence electrons. The van der Waals surface area contributed by atoms with Crippen LogP contribution in [0.4, 0.5) is 0 Å². The predicted molar refractivity (Wildman–Crippen MR) is 60.5 cm³/mol. The highest BCUT2D eigenvalue weighted by Crippen LogP contribution is 2.24. The van der Waals surface area contributed by atoms with Crippen LogP contribution in [0, 0.1) is 17.2 Å². The van der Waals surface area contributed by atoms with Crippen LogP contribution in [-0.4, -0.2) is 25.8 Å². The van der Waals surface area contributed by atoms with Crippen LogP contribution in [0.25, 0.3) is 0 Å². The van der Waals surface area contributed by atoms with Crippen molar-refractivity contribution in [1.29, 1.82) is 5.26 Å². The van der Waals surface area contributed by atoms with Crippen molar-refractivity contribution in [3.05, 3.63) is 0 Å². The number of ether oxygens (including phenoxy) is 1. The molecule has 15 heavy (non-hydrogen) atoms. The first-order valence-electron chi connectivity index (χ1n) is 6.09. The van der Waals surface area contributed by atoms with E-state index in [1.54, 1.807) is 0 Å². The minimum absolute atomic E-state index is 0.238. The van der Waals surface area contributed by atoms with Gasteiger partial charge in [-0.2, -0.15) is 5.26 Å². The third kappa shape index (κ3) is 4.63. The topological polar surface area (TPSA) is 45.0 Å². The van der Waals surface area contributed by atoms with Gasteiger partial charge in [-0.3, -0.25) is 0 Å². The van der Waals surface area contributed by atoms with Gasteiger partial charge in [0.2, 0.25) is 0 Å². The van der Waals surface area contributed by atoms with Crippen molar-refractivity contribution >= 4 is 0 Å². The molecule has 1 rings (SSSR count). The van der Waals surface area contributed by atoms with Gasteiger partial charge in [-0.1, -0.05) is 13.3 Å². The monoisotopic (exact) mass is 210 g/mol. The van der Waals surface area contributed by atoms with Crippen LogP contribution >= 0.6 is 0 Å². The van der Waals surface area contributed by atoms with E-state index in [1.807, 2.05) is 0 Å². The van der Waals surface area contributed by atoms with Crippen LogP contribution < -0.4 is 5.32 Å². The molecular formula is C12H22N2O. The maximum atomic E-state index is 8.89. The molecule has 1 fully saturated rings. The first-order chi connectivity index (χ1) is 7.38. The Hall–Kier alpha value is -0.590. The largest absolute Gasteiger partial charge is 0.381 e. The van der Waals surface area contributed by atoms with Crippen molar-refractivity contribution < 1.29 is 4.74 Å². The highest BCUT2D eigenvalue weighted by Gasteiger charge is 2.25. The maximum absolute atomic E-state index is 8.89. The smallest absolute Gasteiger partial charge is 0.0672 e. The molecule has 0 amide bonds. The second kappa shape index (κ2) is 7.67. The van der Waals surface area contributed by atoms with Gasteiger partial charge in [0.05, 0.1) is 12.0 Å². The number of nitriles is 1. The zero-order chi connectivity index (χ0) is 10.9. The van der Waals surface area contributed by atoms with Gasteiger partial charge >= 0.3 is 0 Å². The van der Waals surface area contributed by atoms with Gasteiger partial charge in [-0.25, -0.2) is 0 Å². The van der Waals surface area contributed by atoms with Crippen molar-refractivity contribution in [2.75, 3.05) is 19.8 Å². The summed E-state index contributed by atoms with van der Waals surface area (Å²) in [6.45, 7) is 4.80. The van der Waals surface area contributed by atoms with Crippen molar-refractivity contribution in [3.63, 3.8) is 0 Å². The van der Waals surface area contributed by atoms with Gasteiger partial charge in [-0.05, 0) is 32.2 Å². The summed E-state index contributed by atoms with van der Waals surface area (Å²) in [4.78, 5) is 0. The van der Waals surface area contributed by atoms with E-state index in [2.05, 4.69) is 18.3 Å². The summed E-state index contributed by atoms with van der Waals surface area (Å²) in [5.74, 6) is 0.238. The molecule has 0 saturated heterocycles. The fourth-order valence-corrected chi connectivity index (χ4v) is 2.07. The Bertz CT molecular complexity index is 200. The normalized spacial score (nSPS) is 25.3. The van der Waals surface area contributed by atoms with E-state index in [0.717, 1.165) is 45.4 Å². The lowest BCUT2D eigenvalue weighted by molar-refractivity contribution is 0.131. The van der Waals surface area contributed by atoms with E-state index < -0.39 is 0 Å². The number of hydrogen-bond acceptors (Lipinski definition) is 3. The van der Waals surface area contributed by atoms with Crippen LogP contribution in [0.3, 0.4) is 0 Å². The highest BCUT2D eigenvalue weighted by molar-refractivity contribution is 4.96. The van der Waals surface area contributed by atoms with Gasteiger partial charge in [0.1, 0.15) is 0 Å². The summed E-state index contributed by atoms with van der Waals surface area (Å²) >= 11 is 0. The van der Waals surface area contributed by atoms with E-state index in [0.29, 0.717) is 6.04 Å². The summed E-state index contributed by atoms with van der Waals surface area (Å²) in [5.41, 5.74) is 0. The van der Waals surface area contributed by atoms with E-state index in [1.165, 1.54) is 6.42 Å². The first kappa shape index (κ1) is 12.5. The average molecular weight is 210 g/mol. The Morgan fingerprint density at radius 2 is 2.27 bits per heavy atom. The van der Waals surface area contributed by atoms with Crippen LogP contribution in [0.1, 0.15) is 39.0 Å². The fraction of sp³-hybridized carbons (Fsp3) is 0.917. The molecule has 0 heterocycles.